The first-order valence-corrected chi connectivity index (χ1v) is 20.5. The molecule has 0 saturated heterocycles. The molecule has 5 atom stereocenters. The molecule has 2 saturated carbocycles. The van der Waals surface area contributed by atoms with E-state index in [9.17, 15) is 19.5 Å². The molecule has 12 nitrogen and oxygen atoms in total. The van der Waals surface area contributed by atoms with Crippen LogP contribution in [0.5, 0.6) is 0 Å². The lowest BCUT2D eigenvalue weighted by Gasteiger charge is -2.55. The van der Waals surface area contributed by atoms with E-state index < -0.39 is 23.1 Å². The predicted molar refractivity (Wildman–Crippen MR) is 220 cm³/mol. The Hall–Kier alpha value is -4.45. The Balaban J connectivity index is 1.27. The first-order valence-electron chi connectivity index (χ1n) is 20.5. The fourth-order valence-electron chi connectivity index (χ4n) is 10.1. The molecule has 1 amide bonds. The van der Waals surface area contributed by atoms with E-state index in [1.54, 1.807) is 24.1 Å². The van der Waals surface area contributed by atoms with Gasteiger partial charge in [0.2, 0.25) is 0 Å². The van der Waals surface area contributed by atoms with Crippen LogP contribution in [0.4, 0.5) is 10.6 Å². The van der Waals surface area contributed by atoms with E-state index in [0.717, 1.165) is 61.0 Å². The third-order valence-electron chi connectivity index (χ3n) is 11.9. The zero-order chi connectivity index (χ0) is 41.7. The average Bonchev–Trinajstić information content (AvgIpc) is 3.43. The number of benzene rings is 1. The maximum Gasteiger partial charge on any atom is 0.410 e. The minimum absolute atomic E-state index is 0.0357. The van der Waals surface area contributed by atoms with E-state index >= 15 is 0 Å². The quantitative estimate of drug-likeness (QED) is 0.199. The van der Waals surface area contributed by atoms with Crippen molar-refractivity contribution in [1.82, 2.24) is 19.7 Å². The molecule has 3 heterocycles. The fraction of sp³-hybridized carbons (Fsp3) is 0.622. The lowest BCUT2D eigenvalue weighted by Crippen LogP contribution is -2.50. The number of aromatic carboxylic acids is 1. The van der Waals surface area contributed by atoms with Crippen LogP contribution in [-0.4, -0.2) is 86.9 Å². The van der Waals surface area contributed by atoms with Crippen LogP contribution in [0.25, 0.3) is 11.1 Å². The topological polar surface area (TPSA) is 136 Å². The molecule has 2 aromatic heterocycles. The number of carbonyl (C=O) groups is 3. The summed E-state index contributed by atoms with van der Waals surface area (Å²) in [6.07, 6.45) is 7.38. The monoisotopic (exact) mass is 785 g/mol. The predicted octanol–water partition coefficient (Wildman–Crippen LogP) is 8.89. The molecule has 310 valence electrons. The van der Waals surface area contributed by atoms with Gasteiger partial charge in [-0.2, -0.15) is 5.10 Å². The number of anilines is 1. The zero-order valence-electron chi connectivity index (χ0n) is 35.9. The molecule has 3 aliphatic rings. The number of carbonyl (C=O) groups excluding carboxylic acids is 2. The van der Waals surface area contributed by atoms with Crippen LogP contribution in [-0.2, 0) is 27.2 Å². The van der Waals surface area contributed by atoms with Crippen molar-refractivity contribution in [3.63, 3.8) is 0 Å². The van der Waals surface area contributed by atoms with E-state index in [0.29, 0.717) is 43.4 Å². The first-order chi connectivity index (χ1) is 26.6. The van der Waals surface area contributed by atoms with E-state index in [-0.39, 0.29) is 40.3 Å². The minimum Gasteiger partial charge on any atom is -0.478 e. The van der Waals surface area contributed by atoms with Crippen LogP contribution in [0.2, 0.25) is 0 Å². The molecule has 2 aliphatic carbocycles. The van der Waals surface area contributed by atoms with Crippen molar-refractivity contribution >= 4 is 23.8 Å². The van der Waals surface area contributed by atoms with Crippen molar-refractivity contribution < 1.29 is 33.7 Å². The molecule has 2 fully saturated rings. The van der Waals surface area contributed by atoms with Gasteiger partial charge in [0.15, 0.2) is 5.69 Å². The highest BCUT2D eigenvalue weighted by atomic mass is 16.6. The number of carboxylic acid groups (broad SMARTS) is 1. The summed E-state index contributed by atoms with van der Waals surface area (Å²) in [5.41, 5.74) is 3.47. The molecule has 3 aromatic rings. The van der Waals surface area contributed by atoms with Gasteiger partial charge in [0.1, 0.15) is 17.0 Å². The number of carboxylic acids is 1. The van der Waals surface area contributed by atoms with E-state index in [1.165, 1.54) is 0 Å². The number of nitrogens with zero attached hydrogens (tertiary/aromatic N) is 5. The van der Waals surface area contributed by atoms with E-state index in [1.807, 2.05) is 72.9 Å². The van der Waals surface area contributed by atoms with Crippen LogP contribution in [0.15, 0.2) is 36.5 Å². The van der Waals surface area contributed by atoms with Gasteiger partial charge in [-0.15, -0.1) is 0 Å². The lowest BCUT2D eigenvalue weighted by atomic mass is 9.52. The fourth-order valence-corrected chi connectivity index (χ4v) is 10.1. The molecule has 0 spiro atoms. The Morgan fingerprint density at radius 3 is 2.37 bits per heavy atom. The summed E-state index contributed by atoms with van der Waals surface area (Å²) in [5.74, 6) is -0.340. The number of likely N-dealkylation sites (N-methyl/N-ethyl adjacent to an activating group) is 1. The van der Waals surface area contributed by atoms with Gasteiger partial charge in [0.25, 0.3) is 0 Å². The summed E-state index contributed by atoms with van der Waals surface area (Å²) in [6, 6.07) is 9.00. The molecule has 0 radical (unpaired) electrons. The number of esters is 1. The van der Waals surface area contributed by atoms with Crippen LogP contribution < -0.4 is 4.90 Å². The number of pyridine rings is 1. The van der Waals surface area contributed by atoms with Gasteiger partial charge < -0.3 is 29.1 Å². The molecule has 2 bridgehead atoms. The second-order valence-corrected chi connectivity index (χ2v) is 19.5. The van der Waals surface area contributed by atoms with Crippen molar-refractivity contribution in [2.24, 2.45) is 16.7 Å². The largest absolute Gasteiger partial charge is 0.478 e. The normalized spacial score (nSPS) is 24.8. The molecule has 1 N–H and O–H groups in total. The summed E-state index contributed by atoms with van der Waals surface area (Å²) >= 11 is 0. The van der Waals surface area contributed by atoms with Crippen molar-refractivity contribution in [3.05, 3.63) is 64.6 Å². The molecular formula is C45H63N5O7. The molecule has 1 aliphatic heterocycles. The smallest absolute Gasteiger partial charge is 0.410 e. The number of amides is 1. The van der Waals surface area contributed by atoms with Gasteiger partial charge in [0, 0.05) is 43.5 Å². The van der Waals surface area contributed by atoms with Crippen LogP contribution >= 0.6 is 0 Å². The second-order valence-electron chi connectivity index (χ2n) is 19.5. The standard InChI is InChI=1S/C45H63N5O7/c1-28-21-44(10)23-32(55-20-19-48(11)41(54)57-43(7,8)9)24-45(22-28,26-44)27-50-29(2)35(25-46-50)33-15-16-36(47-38(33)40(53)56-42(4,5)6)49-18-17-31-13-12-14-34(39(51)52)37(31)30(49)3/h12-16,25,28,30,32H,17-24,26-27H2,1-11H3,(H,51,52). The van der Waals surface area contributed by atoms with Crippen LogP contribution in [0.1, 0.15) is 138 Å². The summed E-state index contributed by atoms with van der Waals surface area (Å²) < 4.78 is 20.1. The highest BCUT2D eigenvalue weighted by molar-refractivity contribution is 5.96. The molecule has 5 unspecified atom stereocenters. The zero-order valence-corrected chi connectivity index (χ0v) is 35.9. The highest BCUT2D eigenvalue weighted by Gasteiger charge is 2.51. The lowest BCUT2D eigenvalue weighted by molar-refractivity contribution is -0.111. The minimum atomic E-state index is -0.961. The van der Waals surface area contributed by atoms with E-state index in [2.05, 4.69) is 30.4 Å². The Morgan fingerprint density at radius 1 is 0.965 bits per heavy atom. The van der Waals surface area contributed by atoms with Gasteiger partial charge in [-0.1, -0.05) is 26.0 Å². The van der Waals surface area contributed by atoms with Gasteiger partial charge in [0.05, 0.1) is 30.5 Å². The summed E-state index contributed by atoms with van der Waals surface area (Å²) in [4.78, 5) is 47.4. The second kappa shape index (κ2) is 15.7. The maximum atomic E-state index is 14.0. The maximum absolute atomic E-state index is 14.0. The molecule has 1 aromatic carbocycles. The van der Waals surface area contributed by atoms with Gasteiger partial charge >= 0.3 is 18.0 Å². The number of ether oxygens (including phenoxy) is 3. The van der Waals surface area contributed by atoms with Crippen molar-refractivity contribution in [3.8, 4) is 11.1 Å². The van der Waals surface area contributed by atoms with Crippen molar-refractivity contribution in [2.45, 2.75) is 138 Å². The molecule has 57 heavy (non-hydrogen) atoms. The number of fused-ring (bicyclic) bond motifs is 3. The number of hydrogen-bond donors (Lipinski definition) is 1. The number of aromatic nitrogens is 3. The van der Waals surface area contributed by atoms with E-state index in [4.69, 9.17) is 24.3 Å². The Labute approximate surface area is 338 Å². The van der Waals surface area contributed by atoms with Crippen LogP contribution in [0, 0.1) is 23.7 Å². The van der Waals surface area contributed by atoms with Gasteiger partial charge in [-0.25, -0.2) is 19.4 Å². The Morgan fingerprint density at radius 2 is 1.68 bits per heavy atom. The highest BCUT2D eigenvalue weighted by Crippen LogP contribution is 2.58. The summed E-state index contributed by atoms with van der Waals surface area (Å²) in [6.45, 7) is 22.1. The van der Waals surface area contributed by atoms with Gasteiger partial charge in [-0.05, 0) is 140 Å². The molecule has 6 rings (SSSR count). The summed E-state index contributed by atoms with van der Waals surface area (Å²) in [5, 5.41) is 15.0. The Bertz CT molecular complexity index is 2000. The SMILES string of the molecule is Cc1c(-c2ccc(N3CCc4cccc(C(=O)O)c4C3C)nc2C(=O)OC(C)(C)C)cnn1CC12CC(C)CC(C)(CC(OCCN(C)C(=O)OC(C)(C)C)C1)C2. The molecule has 12 heteroatoms. The third kappa shape index (κ3) is 9.48. The first kappa shape index (κ1) is 42.2. The van der Waals surface area contributed by atoms with Crippen molar-refractivity contribution in [2.75, 3.05) is 31.6 Å². The number of rotatable bonds is 10. The number of hydrogen-bond acceptors (Lipinski definition) is 9. The van der Waals surface area contributed by atoms with Crippen LogP contribution in [0.3, 0.4) is 0 Å². The average molecular weight is 786 g/mol. The Kier molecular flexibility index (Phi) is 11.6. The van der Waals surface area contributed by atoms with Gasteiger partial charge in [-0.3, -0.25) is 4.68 Å². The van der Waals surface area contributed by atoms with Crippen molar-refractivity contribution in [1.29, 1.82) is 0 Å². The molecular weight excluding hydrogens is 723 g/mol. The summed E-state index contributed by atoms with van der Waals surface area (Å²) in [7, 11) is 1.75. The third-order valence-corrected chi connectivity index (χ3v) is 11.9.